The van der Waals surface area contributed by atoms with E-state index in [9.17, 15) is 24.3 Å². The fourth-order valence-corrected chi connectivity index (χ4v) is 4.63. The topological polar surface area (TPSA) is 168 Å². The number of nitrogens with one attached hydrogen (secondary N) is 4. The summed E-state index contributed by atoms with van der Waals surface area (Å²) in [4.78, 5) is 54.0. The number of ether oxygens (including phenoxy) is 2. The van der Waals surface area contributed by atoms with Crippen molar-refractivity contribution in [2.45, 2.75) is 24.8 Å². The minimum absolute atomic E-state index is 0.0123. The van der Waals surface area contributed by atoms with Gasteiger partial charge in [0.2, 0.25) is 18.6 Å². The molecule has 0 unspecified atom stereocenters. The molecule has 1 aliphatic rings. The highest BCUT2D eigenvalue weighted by Crippen LogP contribution is 2.34. The van der Waals surface area contributed by atoms with Gasteiger partial charge < -0.3 is 30.5 Å². The van der Waals surface area contributed by atoms with Gasteiger partial charge in [-0.3, -0.25) is 19.7 Å². The summed E-state index contributed by atoms with van der Waals surface area (Å²) in [7, 11) is 0. The standard InChI is InChI=1S/C29H31N5O7S/c1-42-13-11-22(27(36)31-16-21(28(37)38)19-7-10-23-24(15-19)41-17-40-23)33-26(35)14-18-5-8-20(9-6-18)32-29(39)34-25-4-2-3-12-30-25/h2-10,12,15,21-22H,11,13-14,16-17H2,1H3,(H,31,36)(H,33,35)(H,37,38)(H2,30,32,34,39)/t21-,22+/m1/s1. The van der Waals surface area contributed by atoms with Gasteiger partial charge in [0, 0.05) is 18.4 Å². The van der Waals surface area contributed by atoms with E-state index in [4.69, 9.17) is 9.47 Å². The zero-order chi connectivity index (χ0) is 29.9. The lowest BCUT2D eigenvalue weighted by Crippen LogP contribution is -2.48. The fraction of sp³-hybridized carbons (Fsp3) is 0.276. The Kier molecular flexibility index (Phi) is 10.6. The summed E-state index contributed by atoms with van der Waals surface area (Å²) < 4.78 is 10.6. The van der Waals surface area contributed by atoms with Crippen LogP contribution in [0.3, 0.4) is 0 Å². The van der Waals surface area contributed by atoms with Crippen LogP contribution in [0.1, 0.15) is 23.5 Å². The summed E-state index contributed by atoms with van der Waals surface area (Å²) in [5, 5.41) is 20.6. The highest BCUT2D eigenvalue weighted by Gasteiger charge is 2.26. The SMILES string of the molecule is CSCC[C@H](NC(=O)Cc1ccc(NC(=O)Nc2ccccn2)cc1)C(=O)NC[C@@H](C(=O)O)c1ccc2c(c1)OCO2. The van der Waals surface area contributed by atoms with E-state index in [1.807, 2.05) is 6.26 Å². The van der Waals surface area contributed by atoms with Crippen molar-refractivity contribution in [1.82, 2.24) is 15.6 Å². The van der Waals surface area contributed by atoms with Gasteiger partial charge in [-0.15, -0.1) is 0 Å². The Labute approximate surface area is 246 Å². The van der Waals surface area contributed by atoms with E-state index in [-0.39, 0.29) is 25.7 Å². The Hall–Kier alpha value is -4.78. The van der Waals surface area contributed by atoms with Crippen molar-refractivity contribution < 1.29 is 33.8 Å². The highest BCUT2D eigenvalue weighted by atomic mass is 32.2. The average molecular weight is 594 g/mol. The number of carboxylic acids is 1. The predicted molar refractivity (Wildman–Crippen MR) is 158 cm³/mol. The molecule has 0 saturated heterocycles. The zero-order valence-corrected chi connectivity index (χ0v) is 23.6. The number of amides is 4. The molecule has 0 aliphatic carbocycles. The first-order valence-corrected chi connectivity index (χ1v) is 14.5. The third-order valence-corrected chi connectivity index (χ3v) is 6.97. The fourth-order valence-electron chi connectivity index (χ4n) is 4.16. The summed E-state index contributed by atoms with van der Waals surface area (Å²) in [6, 6.07) is 15.5. The molecule has 5 N–H and O–H groups in total. The van der Waals surface area contributed by atoms with Crippen LogP contribution in [-0.4, -0.2) is 65.3 Å². The number of carboxylic acid groups (broad SMARTS) is 1. The molecule has 4 amide bonds. The summed E-state index contributed by atoms with van der Waals surface area (Å²) in [5.41, 5.74) is 1.67. The number of benzene rings is 2. The molecule has 0 spiro atoms. The number of thioether (sulfide) groups is 1. The van der Waals surface area contributed by atoms with Crippen LogP contribution in [0.4, 0.5) is 16.3 Å². The molecule has 0 bridgehead atoms. The van der Waals surface area contributed by atoms with Crippen molar-refractivity contribution in [1.29, 1.82) is 0 Å². The first-order chi connectivity index (χ1) is 20.3. The first kappa shape index (κ1) is 30.2. The number of anilines is 2. The van der Waals surface area contributed by atoms with E-state index >= 15 is 0 Å². The van der Waals surface area contributed by atoms with Gasteiger partial charge >= 0.3 is 12.0 Å². The number of carbonyl (C=O) groups excluding carboxylic acids is 3. The van der Waals surface area contributed by atoms with Crippen LogP contribution in [0, 0.1) is 0 Å². The molecule has 12 nitrogen and oxygen atoms in total. The third-order valence-electron chi connectivity index (χ3n) is 6.32. The molecule has 13 heteroatoms. The lowest BCUT2D eigenvalue weighted by atomic mass is 9.98. The number of nitrogens with zero attached hydrogens (tertiary/aromatic N) is 1. The normalized spacial score (nSPS) is 13.0. The molecule has 2 heterocycles. The van der Waals surface area contributed by atoms with Gasteiger partial charge in [0.1, 0.15) is 11.9 Å². The van der Waals surface area contributed by atoms with Gasteiger partial charge in [-0.25, -0.2) is 9.78 Å². The summed E-state index contributed by atoms with van der Waals surface area (Å²) in [6.45, 7) is -0.100. The molecular weight excluding hydrogens is 562 g/mol. The van der Waals surface area contributed by atoms with Crippen molar-refractivity contribution in [3.05, 3.63) is 78.0 Å². The third kappa shape index (κ3) is 8.61. The smallest absolute Gasteiger partial charge is 0.324 e. The second-order valence-electron chi connectivity index (χ2n) is 9.32. The number of urea groups is 1. The highest BCUT2D eigenvalue weighted by molar-refractivity contribution is 7.98. The summed E-state index contributed by atoms with van der Waals surface area (Å²) in [6.07, 6.45) is 3.84. The van der Waals surface area contributed by atoms with E-state index in [0.717, 1.165) is 0 Å². The maximum Gasteiger partial charge on any atom is 0.324 e. The van der Waals surface area contributed by atoms with Crippen LogP contribution in [0.15, 0.2) is 66.9 Å². The zero-order valence-electron chi connectivity index (χ0n) is 22.8. The lowest BCUT2D eigenvalue weighted by molar-refractivity contribution is -0.139. The van der Waals surface area contributed by atoms with E-state index in [1.54, 1.807) is 66.9 Å². The molecule has 3 aromatic rings. The van der Waals surface area contributed by atoms with E-state index < -0.39 is 29.9 Å². The van der Waals surface area contributed by atoms with Gasteiger partial charge in [-0.2, -0.15) is 11.8 Å². The van der Waals surface area contributed by atoms with Crippen LogP contribution in [0.2, 0.25) is 0 Å². The molecule has 1 aromatic heterocycles. The first-order valence-electron chi connectivity index (χ1n) is 13.1. The largest absolute Gasteiger partial charge is 0.481 e. The molecule has 220 valence electrons. The van der Waals surface area contributed by atoms with Crippen LogP contribution in [0.25, 0.3) is 0 Å². The Bertz CT molecular complexity index is 1410. The van der Waals surface area contributed by atoms with Crippen molar-refractivity contribution in [2.24, 2.45) is 0 Å². The molecule has 2 aromatic carbocycles. The quantitative estimate of drug-likeness (QED) is 0.200. The number of fused-ring (bicyclic) bond motifs is 1. The van der Waals surface area contributed by atoms with Gasteiger partial charge in [0.15, 0.2) is 11.5 Å². The molecule has 4 rings (SSSR count). The molecule has 1 aliphatic heterocycles. The van der Waals surface area contributed by atoms with Gasteiger partial charge in [0.05, 0.1) is 12.3 Å². The van der Waals surface area contributed by atoms with E-state index in [1.165, 1.54) is 11.8 Å². The summed E-state index contributed by atoms with van der Waals surface area (Å²) in [5.74, 6) is -0.947. The van der Waals surface area contributed by atoms with Crippen LogP contribution in [0.5, 0.6) is 11.5 Å². The monoisotopic (exact) mass is 593 g/mol. The Morgan fingerprint density at radius 1 is 1.00 bits per heavy atom. The summed E-state index contributed by atoms with van der Waals surface area (Å²) >= 11 is 1.53. The second kappa shape index (κ2) is 14.7. The number of rotatable bonds is 13. The molecule has 42 heavy (non-hydrogen) atoms. The predicted octanol–water partition coefficient (Wildman–Crippen LogP) is 3.22. The van der Waals surface area contributed by atoms with E-state index in [2.05, 4.69) is 26.3 Å². The van der Waals surface area contributed by atoms with Crippen LogP contribution < -0.4 is 30.7 Å². The van der Waals surface area contributed by atoms with Gasteiger partial charge in [0.25, 0.3) is 0 Å². The molecule has 0 fully saturated rings. The number of hydrogen-bond acceptors (Lipinski definition) is 8. The molecule has 0 radical (unpaired) electrons. The number of hydrogen-bond donors (Lipinski definition) is 5. The van der Waals surface area contributed by atoms with Crippen LogP contribution in [-0.2, 0) is 20.8 Å². The van der Waals surface area contributed by atoms with Crippen molar-refractivity contribution >= 4 is 47.1 Å². The molecular formula is C29H31N5O7S. The maximum absolute atomic E-state index is 13.0. The number of aliphatic carboxylic acids is 1. The van der Waals surface area contributed by atoms with E-state index in [0.29, 0.717) is 46.3 Å². The number of carbonyl (C=O) groups is 4. The van der Waals surface area contributed by atoms with Crippen molar-refractivity contribution in [3.8, 4) is 11.5 Å². The minimum Gasteiger partial charge on any atom is -0.481 e. The average Bonchev–Trinajstić information content (AvgIpc) is 3.45. The Morgan fingerprint density at radius 2 is 1.79 bits per heavy atom. The van der Waals surface area contributed by atoms with Gasteiger partial charge in [-0.1, -0.05) is 24.3 Å². The Morgan fingerprint density at radius 3 is 2.50 bits per heavy atom. The lowest BCUT2D eigenvalue weighted by Gasteiger charge is -2.20. The number of aromatic nitrogens is 1. The minimum atomic E-state index is -1.11. The van der Waals surface area contributed by atoms with Crippen molar-refractivity contribution in [2.75, 3.05) is 36.0 Å². The molecule has 0 saturated carbocycles. The number of pyridine rings is 1. The molecule has 2 atom stereocenters. The Balaban J connectivity index is 1.30. The maximum atomic E-state index is 13.0. The van der Waals surface area contributed by atoms with Crippen LogP contribution >= 0.6 is 11.8 Å². The van der Waals surface area contributed by atoms with Gasteiger partial charge in [-0.05, 0) is 66.0 Å². The second-order valence-corrected chi connectivity index (χ2v) is 10.3. The van der Waals surface area contributed by atoms with Crippen molar-refractivity contribution in [3.63, 3.8) is 0 Å².